The van der Waals surface area contributed by atoms with Crippen LogP contribution >= 0.6 is 11.8 Å². The maximum atomic E-state index is 12.3. The standard InChI is InChI=1S/C9H7F2NOS/c1-14-9-12-6-3-2-5(8(10)11)4-7(6)13-9/h2-4,8H,1H3. The molecule has 0 radical (unpaired) electrons. The van der Waals surface area contributed by atoms with E-state index in [2.05, 4.69) is 4.98 Å². The van der Waals surface area contributed by atoms with Gasteiger partial charge < -0.3 is 4.42 Å². The van der Waals surface area contributed by atoms with Gasteiger partial charge >= 0.3 is 0 Å². The predicted octanol–water partition coefficient (Wildman–Crippen LogP) is 3.49. The number of aromatic nitrogens is 1. The molecule has 2 aromatic rings. The quantitative estimate of drug-likeness (QED) is 0.717. The Balaban J connectivity index is 2.54. The van der Waals surface area contributed by atoms with Crippen LogP contribution in [0.4, 0.5) is 8.78 Å². The minimum absolute atomic E-state index is 0.0405. The van der Waals surface area contributed by atoms with E-state index in [1.54, 1.807) is 6.07 Å². The third kappa shape index (κ3) is 1.59. The monoisotopic (exact) mass is 215 g/mol. The van der Waals surface area contributed by atoms with E-state index in [-0.39, 0.29) is 5.56 Å². The number of thioether (sulfide) groups is 1. The second-order valence-corrected chi connectivity index (χ2v) is 3.47. The zero-order valence-electron chi connectivity index (χ0n) is 7.33. The van der Waals surface area contributed by atoms with Crippen molar-refractivity contribution in [1.82, 2.24) is 4.98 Å². The summed E-state index contributed by atoms with van der Waals surface area (Å²) in [6.45, 7) is 0. The van der Waals surface area contributed by atoms with Crippen molar-refractivity contribution in [3.8, 4) is 0 Å². The van der Waals surface area contributed by atoms with Gasteiger partial charge in [0.05, 0.1) is 0 Å². The molecule has 2 nitrogen and oxygen atoms in total. The van der Waals surface area contributed by atoms with E-state index >= 15 is 0 Å². The number of hydrogen-bond donors (Lipinski definition) is 0. The van der Waals surface area contributed by atoms with E-state index in [0.29, 0.717) is 16.3 Å². The van der Waals surface area contributed by atoms with Crippen molar-refractivity contribution in [3.63, 3.8) is 0 Å². The Kier molecular flexibility index (Phi) is 2.41. The molecule has 2 rings (SSSR count). The molecule has 0 aliphatic carbocycles. The van der Waals surface area contributed by atoms with Gasteiger partial charge in [-0.1, -0.05) is 17.8 Å². The van der Waals surface area contributed by atoms with Gasteiger partial charge in [0.25, 0.3) is 11.6 Å². The molecule has 5 heteroatoms. The van der Waals surface area contributed by atoms with E-state index in [4.69, 9.17) is 4.42 Å². The minimum atomic E-state index is -2.47. The molecule has 0 bridgehead atoms. The first-order valence-electron chi connectivity index (χ1n) is 3.93. The average molecular weight is 215 g/mol. The Morgan fingerprint density at radius 2 is 2.21 bits per heavy atom. The molecule has 0 amide bonds. The third-order valence-electron chi connectivity index (χ3n) is 1.82. The van der Waals surface area contributed by atoms with Crippen LogP contribution in [-0.2, 0) is 0 Å². The highest BCUT2D eigenvalue weighted by Gasteiger charge is 2.10. The van der Waals surface area contributed by atoms with Crippen molar-refractivity contribution in [2.24, 2.45) is 0 Å². The average Bonchev–Trinajstić information content (AvgIpc) is 2.58. The van der Waals surface area contributed by atoms with Crippen molar-refractivity contribution in [3.05, 3.63) is 23.8 Å². The molecule has 1 aromatic carbocycles. The van der Waals surface area contributed by atoms with E-state index in [9.17, 15) is 8.78 Å². The number of rotatable bonds is 2. The topological polar surface area (TPSA) is 26.0 Å². The Morgan fingerprint density at radius 1 is 1.43 bits per heavy atom. The minimum Gasteiger partial charge on any atom is -0.431 e. The fourth-order valence-corrected chi connectivity index (χ4v) is 1.51. The van der Waals surface area contributed by atoms with Gasteiger partial charge in [0.2, 0.25) is 0 Å². The Bertz CT molecular complexity index is 455. The summed E-state index contributed by atoms with van der Waals surface area (Å²) in [6, 6.07) is 4.23. The van der Waals surface area contributed by atoms with E-state index in [1.165, 1.54) is 23.9 Å². The largest absolute Gasteiger partial charge is 0.431 e. The number of oxazole rings is 1. The van der Waals surface area contributed by atoms with Gasteiger partial charge in [-0.15, -0.1) is 0 Å². The van der Waals surface area contributed by atoms with Crippen molar-refractivity contribution in [2.45, 2.75) is 11.6 Å². The lowest BCUT2D eigenvalue weighted by Crippen LogP contribution is -1.81. The number of nitrogens with zero attached hydrogens (tertiary/aromatic N) is 1. The van der Waals surface area contributed by atoms with Crippen LogP contribution in [0.1, 0.15) is 12.0 Å². The molecule has 0 fully saturated rings. The highest BCUT2D eigenvalue weighted by Crippen LogP contribution is 2.26. The first kappa shape index (κ1) is 9.45. The van der Waals surface area contributed by atoms with E-state index in [0.717, 1.165) is 0 Å². The fourth-order valence-electron chi connectivity index (χ4n) is 1.14. The summed E-state index contributed by atoms with van der Waals surface area (Å²) in [7, 11) is 0. The molecule has 0 aliphatic rings. The van der Waals surface area contributed by atoms with Gasteiger partial charge in [-0.2, -0.15) is 0 Å². The summed E-state index contributed by atoms with van der Waals surface area (Å²) in [4.78, 5) is 4.08. The van der Waals surface area contributed by atoms with E-state index < -0.39 is 6.43 Å². The number of halogens is 2. The zero-order chi connectivity index (χ0) is 10.1. The fraction of sp³-hybridized carbons (Fsp3) is 0.222. The van der Waals surface area contributed by atoms with Gasteiger partial charge in [0, 0.05) is 5.56 Å². The summed E-state index contributed by atoms with van der Waals surface area (Å²) in [5.74, 6) is 0. The highest BCUT2D eigenvalue weighted by atomic mass is 32.2. The number of fused-ring (bicyclic) bond motifs is 1. The maximum absolute atomic E-state index is 12.3. The third-order valence-corrected chi connectivity index (χ3v) is 2.34. The van der Waals surface area contributed by atoms with Crippen LogP contribution in [0.5, 0.6) is 0 Å². The second kappa shape index (κ2) is 3.57. The lowest BCUT2D eigenvalue weighted by molar-refractivity contribution is 0.151. The molecule has 1 heterocycles. The SMILES string of the molecule is CSc1nc2ccc(C(F)F)cc2o1. The maximum Gasteiger partial charge on any atom is 0.263 e. The summed E-state index contributed by atoms with van der Waals surface area (Å²) >= 11 is 1.34. The predicted molar refractivity (Wildman–Crippen MR) is 50.7 cm³/mol. The smallest absolute Gasteiger partial charge is 0.263 e. The molecule has 0 unspecified atom stereocenters. The molecule has 0 aliphatic heterocycles. The summed E-state index contributed by atoms with van der Waals surface area (Å²) in [5, 5.41) is 0.492. The van der Waals surface area contributed by atoms with Crippen LogP contribution in [-0.4, -0.2) is 11.2 Å². The molecule has 0 spiro atoms. The number of benzene rings is 1. The second-order valence-electron chi connectivity index (χ2n) is 2.71. The van der Waals surface area contributed by atoms with Crippen LogP contribution in [0.3, 0.4) is 0 Å². The molecule has 0 saturated heterocycles. The normalized spacial score (nSPS) is 11.4. The molecule has 0 N–H and O–H groups in total. The van der Waals surface area contributed by atoms with Crippen LogP contribution < -0.4 is 0 Å². The molecule has 0 atom stereocenters. The van der Waals surface area contributed by atoms with Gasteiger partial charge in [-0.3, -0.25) is 0 Å². The Labute approximate surface area is 83.3 Å². The lowest BCUT2D eigenvalue weighted by atomic mass is 10.2. The van der Waals surface area contributed by atoms with Crippen LogP contribution in [0.15, 0.2) is 27.8 Å². The van der Waals surface area contributed by atoms with Gasteiger partial charge in [-0.25, -0.2) is 13.8 Å². The van der Waals surface area contributed by atoms with Crippen molar-refractivity contribution >= 4 is 22.9 Å². The Hall–Kier alpha value is -1.10. The van der Waals surface area contributed by atoms with Crippen LogP contribution in [0, 0.1) is 0 Å². The van der Waals surface area contributed by atoms with Crippen LogP contribution in [0.25, 0.3) is 11.1 Å². The van der Waals surface area contributed by atoms with E-state index in [1.807, 2.05) is 6.26 Å². The number of alkyl halides is 2. The Morgan fingerprint density at radius 3 is 2.86 bits per heavy atom. The lowest BCUT2D eigenvalue weighted by Gasteiger charge is -1.96. The molecule has 0 saturated carbocycles. The molecule has 14 heavy (non-hydrogen) atoms. The van der Waals surface area contributed by atoms with Crippen molar-refractivity contribution < 1.29 is 13.2 Å². The summed E-state index contributed by atoms with van der Waals surface area (Å²) in [6.07, 6.45) is -0.652. The molecule has 1 aromatic heterocycles. The first-order chi connectivity index (χ1) is 6.70. The highest BCUT2D eigenvalue weighted by molar-refractivity contribution is 7.98. The first-order valence-corrected chi connectivity index (χ1v) is 5.16. The van der Waals surface area contributed by atoms with Gasteiger partial charge in [0.15, 0.2) is 5.58 Å². The van der Waals surface area contributed by atoms with Crippen molar-refractivity contribution in [1.29, 1.82) is 0 Å². The zero-order valence-corrected chi connectivity index (χ0v) is 8.15. The van der Waals surface area contributed by atoms with Crippen molar-refractivity contribution in [2.75, 3.05) is 6.26 Å². The summed E-state index contributed by atoms with van der Waals surface area (Å²) < 4.78 is 29.9. The molecule has 74 valence electrons. The van der Waals surface area contributed by atoms with Crippen LogP contribution in [0.2, 0.25) is 0 Å². The molecular formula is C9H7F2NOS. The van der Waals surface area contributed by atoms with Gasteiger partial charge in [-0.05, 0) is 18.4 Å². The molecular weight excluding hydrogens is 208 g/mol. The number of hydrogen-bond acceptors (Lipinski definition) is 3. The van der Waals surface area contributed by atoms with Gasteiger partial charge in [0.1, 0.15) is 5.52 Å². The summed E-state index contributed by atoms with van der Waals surface area (Å²) in [5.41, 5.74) is 0.979.